The summed E-state index contributed by atoms with van der Waals surface area (Å²) in [6, 6.07) is 13.4. The van der Waals surface area contributed by atoms with Gasteiger partial charge in [-0.05, 0) is 35.9 Å². The molecule has 0 N–H and O–H groups in total. The average Bonchev–Trinajstić information content (AvgIpc) is 2.77. The van der Waals surface area contributed by atoms with E-state index in [0.717, 1.165) is 37.4 Å². The van der Waals surface area contributed by atoms with E-state index in [1.54, 1.807) is 36.5 Å². The van der Waals surface area contributed by atoms with Crippen LogP contribution in [-0.2, 0) is 6.42 Å². The Bertz CT molecular complexity index is 1130. The molecule has 3 aromatic rings. The Morgan fingerprint density at radius 3 is 2.47 bits per heavy atom. The molecule has 8 heteroatoms. The molecule has 4 rings (SSSR count). The summed E-state index contributed by atoms with van der Waals surface area (Å²) in [7, 11) is 0. The van der Waals surface area contributed by atoms with Crippen LogP contribution in [0.4, 0.5) is 10.1 Å². The van der Waals surface area contributed by atoms with Crippen LogP contribution in [0.5, 0.6) is 0 Å². The summed E-state index contributed by atoms with van der Waals surface area (Å²) in [5, 5.41) is 5.56. The third-order valence-electron chi connectivity index (χ3n) is 5.34. The summed E-state index contributed by atoms with van der Waals surface area (Å²) < 4.78 is 17.2. The van der Waals surface area contributed by atoms with Gasteiger partial charge in [0.2, 0.25) is 0 Å². The number of piperazine rings is 1. The highest BCUT2D eigenvalue weighted by atomic mass is 35.5. The lowest BCUT2D eigenvalue weighted by Crippen LogP contribution is -2.45. The van der Waals surface area contributed by atoms with E-state index in [9.17, 15) is 9.18 Å². The Kier molecular flexibility index (Phi) is 7.18. The minimum Gasteiger partial charge on any atom is -0.367 e. The number of halogens is 2. The highest BCUT2D eigenvalue weighted by molar-refractivity contribution is 7.97. The van der Waals surface area contributed by atoms with E-state index >= 15 is 0 Å². The third kappa shape index (κ3) is 5.34. The van der Waals surface area contributed by atoms with Crippen LogP contribution in [-0.4, -0.2) is 45.5 Å². The van der Waals surface area contributed by atoms with Gasteiger partial charge in [-0.25, -0.2) is 8.70 Å². The first-order chi connectivity index (χ1) is 15.4. The van der Waals surface area contributed by atoms with E-state index in [-0.39, 0.29) is 11.4 Å². The molecule has 1 aliphatic heterocycles. The second kappa shape index (κ2) is 10.1. The molecular formula is C24H26ClFN4OS. The normalized spacial score (nSPS) is 14.8. The molecule has 5 nitrogen and oxygen atoms in total. The topological polar surface area (TPSA) is 41.4 Å². The lowest BCUT2D eigenvalue weighted by molar-refractivity contribution is 0.427. The van der Waals surface area contributed by atoms with E-state index in [2.05, 4.69) is 28.2 Å². The maximum atomic E-state index is 13.6. The molecule has 0 spiro atoms. The average molecular weight is 473 g/mol. The van der Waals surface area contributed by atoms with Gasteiger partial charge < -0.3 is 4.90 Å². The van der Waals surface area contributed by atoms with Crippen molar-refractivity contribution in [2.75, 3.05) is 31.1 Å². The lowest BCUT2D eigenvalue weighted by Gasteiger charge is -2.36. The lowest BCUT2D eigenvalue weighted by atomic mass is 10.0. The van der Waals surface area contributed by atoms with Gasteiger partial charge in [0.05, 0.1) is 17.6 Å². The summed E-state index contributed by atoms with van der Waals surface area (Å²) in [4.78, 5) is 15.8. The molecule has 32 heavy (non-hydrogen) atoms. The number of benzene rings is 2. The van der Waals surface area contributed by atoms with Crippen molar-refractivity contribution in [1.29, 1.82) is 0 Å². The van der Waals surface area contributed by atoms with Crippen LogP contribution >= 0.6 is 23.5 Å². The molecular weight excluding hydrogens is 447 g/mol. The molecule has 168 valence electrons. The smallest absolute Gasteiger partial charge is 0.277 e. The molecule has 0 unspecified atom stereocenters. The van der Waals surface area contributed by atoms with Gasteiger partial charge in [0.25, 0.3) is 5.56 Å². The molecule has 0 amide bonds. The number of rotatable bonds is 6. The standard InChI is InChI=1S/C24H26ClFN4OS/c1-17(2)32-29-12-10-28(11-13-29)23-16-27-30(21-5-3-4-19(25)15-21)24(31)22(23)14-18-6-8-20(26)9-7-18/h3-9,15-17H,10-14H2,1-2H3. The quantitative estimate of drug-likeness (QED) is 0.482. The zero-order valence-electron chi connectivity index (χ0n) is 18.2. The van der Waals surface area contributed by atoms with E-state index in [4.69, 9.17) is 11.6 Å². The minimum absolute atomic E-state index is 0.187. The summed E-state index contributed by atoms with van der Waals surface area (Å²) in [5.41, 5.74) is 2.80. The van der Waals surface area contributed by atoms with Crippen LogP contribution in [0.15, 0.2) is 59.5 Å². The molecule has 0 aliphatic carbocycles. The van der Waals surface area contributed by atoms with Gasteiger partial charge in [0, 0.05) is 48.4 Å². The van der Waals surface area contributed by atoms with Crippen LogP contribution in [0.2, 0.25) is 5.02 Å². The van der Waals surface area contributed by atoms with Crippen molar-refractivity contribution in [3.05, 3.63) is 87.0 Å². The van der Waals surface area contributed by atoms with Gasteiger partial charge in [-0.3, -0.25) is 4.79 Å². The van der Waals surface area contributed by atoms with Crippen LogP contribution in [0.3, 0.4) is 0 Å². The van der Waals surface area contributed by atoms with Crippen molar-refractivity contribution in [2.24, 2.45) is 0 Å². The van der Waals surface area contributed by atoms with Crippen LogP contribution in [0.1, 0.15) is 25.0 Å². The van der Waals surface area contributed by atoms with Gasteiger partial charge >= 0.3 is 0 Å². The van der Waals surface area contributed by atoms with Crippen molar-refractivity contribution in [3.8, 4) is 5.69 Å². The highest BCUT2D eigenvalue weighted by Crippen LogP contribution is 2.25. The van der Waals surface area contributed by atoms with Gasteiger partial charge in [0.1, 0.15) is 5.82 Å². The first-order valence-electron chi connectivity index (χ1n) is 10.7. The zero-order valence-corrected chi connectivity index (χ0v) is 19.7. The predicted octanol–water partition coefficient (Wildman–Crippen LogP) is 4.79. The second-order valence-electron chi connectivity index (χ2n) is 8.08. The first-order valence-corrected chi connectivity index (χ1v) is 11.9. The number of hydrogen-bond donors (Lipinski definition) is 0. The predicted molar refractivity (Wildman–Crippen MR) is 131 cm³/mol. The Labute approximate surface area is 196 Å². The van der Waals surface area contributed by atoms with E-state index in [1.807, 2.05) is 18.0 Å². The number of nitrogens with zero attached hydrogens (tertiary/aromatic N) is 4. The number of aromatic nitrogens is 2. The van der Waals surface area contributed by atoms with Crippen LogP contribution in [0, 0.1) is 5.82 Å². The van der Waals surface area contributed by atoms with Crippen LogP contribution in [0.25, 0.3) is 5.69 Å². The molecule has 1 aliphatic rings. The number of hydrogen-bond acceptors (Lipinski definition) is 5. The molecule has 0 atom stereocenters. The summed E-state index contributed by atoms with van der Waals surface area (Å²) in [5.74, 6) is -0.293. The molecule has 1 saturated heterocycles. The largest absolute Gasteiger partial charge is 0.367 e. The Balaban J connectivity index is 1.70. The monoisotopic (exact) mass is 472 g/mol. The van der Waals surface area contributed by atoms with Gasteiger partial charge in [0.15, 0.2) is 0 Å². The Morgan fingerprint density at radius 1 is 1.09 bits per heavy atom. The van der Waals surface area contributed by atoms with Crippen molar-refractivity contribution in [2.45, 2.75) is 25.5 Å². The van der Waals surface area contributed by atoms with E-state index < -0.39 is 0 Å². The van der Waals surface area contributed by atoms with E-state index in [0.29, 0.717) is 27.9 Å². The van der Waals surface area contributed by atoms with Gasteiger partial charge in [-0.1, -0.05) is 55.6 Å². The zero-order chi connectivity index (χ0) is 22.7. The summed E-state index contributed by atoms with van der Waals surface area (Å²) in [6.45, 7) is 7.85. The fraction of sp³-hybridized carbons (Fsp3) is 0.333. The molecule has 0 radical (unpaired) electrons. The van der Waals surface area contributed by atoms with Crippen molar-refractivity contribution >= 4 is 29.2 Å². The Morgan fingerprint density at radius 2 is 1.81 bits per heavy atom. The number of anilines is 1. The van der Waals surface area contributed by atoms with Crippen LogP contribution < -0.4 is 10.5 Å². The molecule has 2 heterocycles. The van der Waals surface area contributed by atoms with Gasteiger partial charge in [-0.15, -0.1) is 0 Å². The molecule has 1 fully saturated rings. The minimum atomic E-state index is -0.293. The molecule has 1 aromatic heterocycles. The maximum Gasteiger partial charge on any atom is 0.277 e. The SMILES string of the molecule is CC(C)SN1CCN(c2cnn(-c3cccc(Cl)c3)c(=O)c2Cc2ccc(F)cc2)CC1. The summed E-state index contributed by atoms with van der Waals surface area (Å²) in [6.07, 6.45) is 2.17. The highest BCUT2D eigenvalue weighted by Gasteiger charge is 2.23. The van der Waals surface area contributed by atoms with Crippen molar-refractivity contribution in [1.82, 2.24) is 14.1 Å². The molecule has 2 aromatic carbocycles. The third-order valence-corrected chi connectivity index (χ3v) is 6.66. The maximum absolute atomic E-state index is 13.6. The fourth-order valence-corrected chi connectivity index (χ4v) is 5.00. The fourth-order valence-electron chi connectivity index (χ4n) is 3.85. The first kappa shape index (κ1) is 22.8. The second-order valence-corrected chi connectivity index (χ2v) is 10.2. The molecule has 0 saturated carbocycles. The van der Waals surface area contributed by atoms with E-state index in [1.165, 1.54) is 16.8 Å². The van der Waals surface area contributed by atoms with Crippen molar-refractivity contribution in [3.63, 3.8) is 0 Å². The summed E-state index contributed by atoms with van der Waals surface area (Å²) >= 11 is 8.00. The van der Waals surface area contributed by atoms with Crippen molar-refractivity contribution < 1.29 is 4.39 Å². The molecule has 0 bridgehead atoms. The van der Waals surface area contributed by atoms with Gasteiger partial charge in [-0.2, -0.15) is 9.78 Å². The Hall–Kier alpha value is -2.35.